The summed E-state index contributed by atoms with van der Waals surface area (Å²) in [6, 6.07) is 0. The van der Waals surface area contributed by atoms with Gasteiger partial charge in [0.05, 0.1) is 0 Å². The Kier molecular flexibility index (Phi) is 6.36. The van der Waals surface area contributed by atoms with Crippen molar-refractivity contribution in [3.8, 4) is 0 Å². The molecule has 1 aliphatic heterocycles. The van der Waals surface area contributed by atoms with E-state index in [1.807, 2.05) is 0 Å². The molecule has 0 bridgehead atoms. The van der Waals surface area contributed by atoms with Gasteiger partial charge in [-0.1, -0.05) is 6.42 Å². The summed E-state index contributed by atoms with van der Waals surface area (Å²) >= 11 is 0. The van der Waals surface area contributed by atoms with Crippen LogP contribution in [0.1, 0.15) is 26.2 Å². The van der Waals surface area contributed by atoms with Gasteiger partial charge in [0.25, 0.3) is 0 Å². The van der Waals surface area contributed by atoms with Crippen LogP contribution in [0.25, 0.3) is 0 Å². The Balaban J connectivity index is 1.85. The number of carbonyl (C=O) groups excluding carboxylic acids is 1. The molecule has 1 fully saturated rings. The topological polar surface area (TPSA) is 44.4 Å². The molecule has 4 nitrogen and oxygen atoms in total. The first-order valence-electron chi connectivity index (χ1n) is 5.96. The van der Waals surface area contributed by atoms with Gasteiger partial charge >= 0.3 is 0 Å². The molecule has 0 atom stereocenters. The zero-order valence-electron chi connectivity index (χ0n) is 9.72. The first-order chi connectivity index (χ1) is 7.29. The van der Waals surface area contributed by atoms with Gasteiger partial charge in [0.2, 0.25) is 5.91 Å². The van der Waals surface area contributed by atoms with Crippen LogP contribution < -0.4 is 10.6 Å². The van der Waals surface area contributed by atoms with Gasteiger partial charge in [-0.25, -0.2) is 0 Å². The molecule has 0 aromatic heterocycles. The number of hydrogen-bond donors (Lipinski definition) is 2. The summed E-state index contributed by atoms with van der Waals surface area (Å²) in [4.78, 5) is 13.1. The van der Waals surface area contributed by atoms with Gasteiger partial charge in [-0.3, -0.25) is 4.79 Å². The molecule has 0 radical (unpaired) electrons. The first kappa shape index (κ1) is 12.5. The second-order valence-electron chi connectivity index (χ2n) is 4.14. The lowest BCUT2D eigenvalue weighted by Crippen LogP contribution is -2.38. The Labute approximate surface area is 92.4 Å². The Morgan fingerprint density at radius 1 is 1.13 bits per heavy atom. The number of piperidine rings is 1. The van der Waals surface area contributed by atoms with Crippen molar-refractivity contribution in [1.82, 2.24) is 15.5 Å². The molecule has 0 unspecified atom stereocenters. The van der Waals surface area contributed by atoms with Crippen molar-refractivity contribution in [1.29, 1.82) is 0 Å². The van der Waals surface area contributed by atoms with E-state index in [4.69, 9.17) is 0 Å². The van der Waals surface area contributed by atoms with E-state index in [1.165, 1.54) is 32.4 Å². The van der Waals surface area contributed by atoms with Gasteiger partial charge in [0.15, 0.2) is 0 Å². The van der Waals surface area contributed by atoms with Crippen molar-refractivity contribution in [2.45, 2.75) is 26.2 Å². The van der Waals surface area contributed by atoms with Gasteiger partial charge in [-0.2, -0.15) is 0 Å². The maximum Gasteiger partial charge on any atom is 0.216 e. The summed E-state index contributed by atoms with van der Waals surface area (Å²) in [5.74, 6) is 0.0489. The van der Waals surface area contributed by atoms with E-state index < -0.39 is 0 Å². The highest BCUT2D eigenvalue weighted by Crippen LogP contribution is 2.06. The highest BCUT2D eigenvalue weighted by Gasteiger charge is 2.08. The van der Waals surface area contributed by atoms with E-state index in [0.29, 0.717) is 0 Å². The van der Waals surface area contributed by atoms with Crippen LogP contribution in [0.2, 0.25) is 0 Å². The van der Waals surface area contributed by atoms with Gasteiger partial charge in [0, 0.05) is 33.1 Å². The lowest BCUT2D eigenvalue weighted by molar-refractivity contribution is -0.118. The summed E-state index contributed by atoms with van der Waals surface area (Å²) in [5, 5.41) is 6.10. The average Bonchev–Trinajstić information content (AvgIpc) is 2.24. The lowest BCUT2D eigenvalue weighted by Gasteiger charge is -2.26. The number of amides is 1. The maximum absolute atomic E-state index is 10.6. The minimum Gasteiger partial charge on any atom is -0.355 e. The standard InChI is InChI=1S/C11H23N3O/c1-11(15)13-6-5-12-7-10-14-8-3-2-4-9-14/h12H,2-10H2,1H3,(H,13,15). The molecular formula is C11H23N3O. The molecule has 0 saturated carbocycles. The number of rotatable bonds is 6. The van der Waals surface area contributed by atoms with E-state index >= 15 is 0 Å². The first-order valence-corrected chi connectivity index (χ1v) is 5.96. The molecule has 1 rings (SSSR count). The predicted molar refractivity (Wildman–Crippen MR) is 61.8 cm³/mol. The smallest absolute Gasteiger partial charge is 0.216 e. The van der Waals surface area contributed by atoms with Crippen LogP contribution in [0.4, 0.5) is 0 Å². The van der Waals surface area contributed by atoms with Gasteiger partial charge in [-0.15, -0.1) is 0 Å². The number of nitrogens with zero attached hydrogens (tertiary/aromatic N) is 1. The van der Waals surface area contributed by atoms with E-state index in [9.17, 15) is 4.79 Å². The number of carbonyl (C=O) groups is 1. The molecule has 1 saturated heterocycles. The van der Waals surface area contributed by atoms with Gasteiger partial charge in [0.1, 0.15) is 0 Å². The van der Waals surface area contributed by atoms with E-state index in [-0.39, 0.29) is 5.91 Å². The van der Waals surface area contributed by atoms with Crippen LogP contribution in [-0.4, -0.2) is 50.1 Å². The fourth-order valence-electron chi connectivity index (χ4n) is 1.87. The second-order valence-corrected chi connectivity index (χ2v) is 4.14. The van der Waals surface area contributed by atoms with Gasteiger partial charge < -0.3 is 15.5 Å². The fraction of sp³-hybridized carbons (Fsp3) is 0.909. The fourth-order valence-corrected chi connectivity index (χ4v) is 1.87. The Morgan fingerprint density at radius 2 is 1.87 bits per heavy atom. The van der Waals surface area contributed by atoms with E-state index in [0.717, 1.165) is 26.2 Å². The van der Waals surface area contributed by atoms with Crippen LogP contribution in [0, 0.1) is 0 Å². The van der Waals surface area contributed by atoms with Crippen LogP contribution in [-0.2, 0) is 4.79 Å². The zero-order chi connectivity index (χ0) is 10.9. The Hall–Kier alpha value is -0.610. The van der Waals surface area contributed by atoms with Crippen molar-refractivity contribution in [2.75, 3.05) is 39.3 Å². The van der Waals surface area contributed by atoms with Crippen LogP contribution >= 0.6 is 0 Å². The van der Waals surface area contributed by atoms with E-state index in [2.05, 4.69) is 15.5 Å². The molecule has 0 aliphatic carbocycles. The highest BCUT2D eigenvalue weighted by atomic mass is 16.1. The lowest BCUT2D eigenvalue weighted by atomic mass is 10.1. The third kappa shape index (κ3) is 6.47. The Morgan fingerprint density at radius 3 is 2.53 bits per heavy atom. The summed E-state index contributed by atoms with van der Waals surface area (Å²) in [7, 11) is 0. The van der Waals surface area contributed by atoms with Crippen molar-refractivity contribution < 1.29 is 4.79 Å². The minimum atomic E-state index is 0.0489. The maximum atomic E-state index is 10.6. The van der Waals surface area contributed by atoms with Crippen LogP contribution in [0.3, 0.4) is 0 Å². The van der Waals surface area contributed by atoms with Gasteiger partial charge in [-0.05, 0) is 25.9 Å². The van der Waals surface area contributed by atoms with Crippen molar-refractivity contribution >= 4 is 5.91 Å². The van der Waals surface area contributed by atoms with Crippen LogP contribution in [0.15, 0.2) is 0 Å². The molecule has 88 valence electrons. The third-order valence-corrected chi connectivity index (χ3v) is 2.73. The van der Waals surface area contributed by atoms with Crippen molar-refractivity contribution in [3.63, 3.8) is 0 Å². The van der Waals surface area contributed by atoms with Crippen molar-refractivity contribution in [2.24, 2.45) is 0 Å². The molecule has 15 heavy (non-hydrogen) atoms. The molecular weight excluding hydrogens is 190 g/mol. The number of hydrogen-bond acceptors (Lipinski definition) is 3. The quantitative estimate of drug-likeness (QED) is 0.619. The number of nitrogens with one attached hydrogen (secondary N) is 2. The monoisotopic (exact) mass is 213 g/mol. The SMILES string of the molecule is CC(=O)NCCNCCN1CCCCC1. The summed E-state index contributed by atoms with van der Waals surface area (Å²) < 4.78 is 0. The average molecular weight is 213 g/mol. The number of likely N-dealkylation sites (tertiary alicyclic amines) is 1. The minimum absolute atomic E-state index is 0.0489. The third-order valence-electron chi connectivity index (χ3n) is 2.73. The van der Waals surface area contributed by atoms with E-state index in [1.54, 1.807) is 6.92 Å². The molecule has 0 spiro atoms. The Bertz CT molecular complexity index is 179. The highest BCUT2D eigenvalue weighted by molar-refractivity contribution is 5.72. The summed E-state index contributed by atoms with van der Waals surface area (Å²) in [6.45, 7) is 7.83. The molecule has 1 heterocycles. The largest absolute Gasteiger partial charge is 0.355 e. The predicted octanol–water partition coefficient (Wildman–Crippen LogP) is 0.198. The van der Waals surface area contributed by atoms with Crippen molar-refractivity contribution in [3.05, 3.63) is 0 Å². The molecule has 1 amide bonds. The molecule has 2 N–H and O–H groups in total. The molecule has 0 aromatic rings. The summed E-state index contributed by atoms with van der Waals surface area (Å²) in [6.07, 6.45) is 4.10. The molecule has 0 aromatic carbocycles. The molecule has 4 heteroatoms. The molecule has 1 aliphatic rings. The van der Waals surface area contributed by atoms with Crippen LogP contribution in [0.5, 0.6) is 0 Å². The summed E-state index contributed by atoms with van der Waals surface area (Å²) in [5.41, 5.74) is 0. The normalized spacial score (nSPS) is 17.7. The second kappa shape index (κ2) is 7.65. The zero-order valence-corrected chi connectivity index (χ0v) is 9.72.